The number of anilines is 1. The van der Waals surface area contributed by atoms with Gasteiger partial charge in [-0.25, -0.2) is 0 Å². The summed E-state index contributed by atoms with van der Waals surface area (Å²) in [6.45, 7) is 4.86. The molecule has 1 rings (SSSR count). The zero-order chi connectivity index (χ0) is 12.8. The Balaban J connectivity index is 2.83. The highest BCUT2D eigenvalue weighted by atomic mass is 16.6. The lowest BCUT2D eigenvalue weighted by molar-refractivity contribution is -0.384. The van der Waals surface area contributed by atoms with Gasteiger partial charge in [-0.2, -0.15) is 0 Å². The van der Waals surface area contributed by atoms with Gasteiger partial charge in [-0.05, 0) is 24.5 Å². The van der Waals surface area contributed by atoms with Gasteiger partial charge in [0, 0.05) is 18.2 Å². The first-order valence-corrected chi connectivity index (χ1v) is 5.52. The lowest BCUT2D eigenvalue weighted by Crippen LogP contribution is -2.07. The Morgan fingerprint density at radius 1 is 1.47 bits per heavy atom. The molecular formula is C12H16N2O3. The van der Waals surface area contributed by atoms with E-state index >= 15 is 0 Å². The molecule has 1 aromatic carbocycles. The van der Waals surface area contributed by atoms with Gasteiger partial charge in [-0.15, -0.1) is 0 Å². The Morgan fingerprint density at radius 2 is 2.18 bits per heavy atom. The lowest BCUT2D eigenvalue weighted by Gasteiger charge is -2.08. The van der Waals surface area contributed by atoms with Gasteiger partial charge in [-0.1, -0.05) is 13.8 Å². The van der Waals surface area contributed by atoms with E-state index < -0.39 is 4.92 Å². The molecule has 0 aliphatic carbocycles. The molecule has 0 fully saturated rings. The average Bonchev–Trinajstić information content (AvgIpc) is 2.28. The van der Waals surface area contributed by atoms with Crippen LogP contribution in [0.5, 0.6) is 0 Å². The van der Waals surface area contributed by atoms with E-state index in [1.807, 2.05) is 0 Å². The Bertz CT molecular complexity index is 416. The van der Waals surface area contributed by atoms with Crippen molar-refractivity contribution in [1.29, 1.82) is 0 Å². The van der Waals surface area contributed by atoms with E-state index in [0.717, 1.165) is 6.42 Å². The zero-order valence-electron chi connectivity index (χ0n) is 9.97. The number of nitrogens with one attached hydrogen (secondary N) is 1. The van der Waals surface area contributed by atoms with Crippen molar-refractivity contribution in [3.63, 3.8) is 0 Å². The summed E-state index contributed by atoms with van der Waals surface area (Å²) in [7, 11) is 0. The maximum atomic E-state index is 10.8. The van der Waals surface area contributed by atoms with E-state index in [-0.39, 0.29) is 5.69 Å². The predicted octanol–water partition coefficient (Wildman–Crippen LogP) is 2.87. The number of carbonyl (C=O) groups is 1. The molecule has 0 spiro atoms. The van der Waals surface area contributed by atoms with Crippen LogP contribution in [-0.4, -0.2) is 17.8 Å². The maximum absolute atomic E-state index is 10.8. The largest absolute Gasteiger partial charge is 0.379 e. The molecule has 17 heavy (non-hydrogen) atoms. The van der Waals surface area contributed by atoms with Gasteiger partial charge >= 0.3 is 0 Å². The second kappa shape index (κ2) is 5.98. The molecule has 0 heterocycles. The van der Waals surface area contributed by atoms with Crippen LogP contribution in [0.3, 0.4) is 0 Å². The molecule has 0 unspecified atom stereocenters. The van der Waals surface area contributed by atoms with Crippen molar-refractivity contribution in [1.82, 2.24) is 0 Å². The first kappa shape index (κ1) is 13.2. The molecule has 0 bridgehead atoms. The third-order valence-corrected chi connectivity index (χ3v) is 2.39. The number of aldehydes is 1. The van der Waals surface area contributed by atoms with Gasteiger partial charge in [0.2, 0.25) is 0 Å². The van der Waals surface area contributed by atoms with Crippen LogP contribution in [-0.2, 0) is 0 Å². The van der Waals surface area contributed by atoms with Gasteiger partial charge in [0.1, 0.15) is 12.0 Å². The Hall–Kier alpha value is -1.91. The third kappa shape index (κ3) is 3.86. The molecule has 1 N–H and O–H groups in total. The number of nitro benzene ring substituents is 1. The fraction of sp³-hybridized carbons (Fsp3) is 0.417. The summed E-state index contributed by atoms with van der Waals surface area (Å²) < 4.78 is 0. The molecule has 5 nitrogen and oxygen atoms in total. The van der Waals surface area contributed by atoms with E-state index in [4.69, 9.17) is 0 Å². The topological polar surface area (TPSA) is 72.2 Å². The molecule has 0 saturated carbocycles. The monoisotopic (exact) mass is 236 g/mol. The molecule has 0 saturated heterocycles. The van der Waals surface area contributed by atoms with Crippen LogP contribution in [0.15, 0.2) is 18.2 Å². The molecule has 1 aromatic rings. The molecule has 0 aliphatic rings. The molecule has 0 radical (unpaired) electrons. The summed E-state index contributed by atoms with van der Waals surface area (Å²) in [6.07, 6.45) is 1.54. The van der Waals surface area contributed by atoms with E-state index in [9.17, 15) is 14.9 Å². The molecule has 92 valence electrons. The number of carbonyl (C=O) groups excluding carboxylic acids is 1. The van der Waals surface area contributed by atoms with Crippen LogP contribution in [0, 0.1) is 16.0 Å². The van der Waals surface area contributed by atoms with Crippen molar-refractivity contribution < 1.29 is 9.72 Å². The number of nitro groups is 1. The molecular weight excluding hydrogens is 220 g/mol. The lowest BCUT2D eigenvalue weighted by atomic mass is 10.1. The van der Waals surface area contributed by atoms with Crippen LogP contribution in [0.1, 0.15) is 30.6 Å². The summed E-state index contributed by atoms with van der Waals surface area (Å²) >= 11 is 0. The minimum absolute atomic E-state index is 0.0571. The predicted molar refractivity (Wildman–Crippen MR) is 66.4 cm³/mol. The summed E-state index contributed by atoms with van der Waals surface area (Å²) in [4.78, 5) is 20.9. The quantitative estimate of drug-likeness (QED) is 0.468. The number of rotatable bonds is 6. The number of hydrogen-bond donors (Lipinski definition) is 1. The fourth-order valence-corrected chi connectivity index (χ4v) is 1.42. The molecule has 0 atom stereocenters. The van der Waals surface area contributed by atoms with Gasteiger partial charge in [-0.3, -0.25) is 14.9 Å². The van der Waals surface area contributed by atoms with Crippen LogP contribution in [0.4, 0.5) is 11.4 Å². The van der Waals surface area contributed by atoms with Crippen molar-refractivity contribution in [2.24, 2.45) is 5.92 Å². The third-order valence-electron chi connectivity index (χ3n) is 2.39. The van der Waals surface area contributed by atoms with E-state index in [2.05, 4.69) is 19.2 Å². The fourth-order valence-electron chi connectivity index (χ4n) is 1.42. The van der Waals surface area contributed by atoms with Crippen molar-refractivity contribution >= 4 is 17.7 Å². The average molecular weight is 236 g/mol. The Kier molecular flexibility index (Phi) is 4.63. The Labute approximate surface area is 100.0 Å². The second-order valence-electron chi connectivity index (χ2n) is 4.26. The number of benzene rings is 1. The van der Waals surface area contributed by atoms with Gasteiger partial charge in [0.15, 0.2) is 0 Å². The zero-order valence-corrected chi connectivity index (χ0v) is 9.97. The van der Waals surface area contributed by atoms with Crippen LogP contribution in [0.25, 0.3) is 0 Å². The van der Waals surface area contributed by atoms with E-state index in [1.165, 1.54) is 6.07 Å². The number of nitrogens with zero attached hydrogens (tertiary/aromatic N) is 1. The van der Waals surface area contributed by atoms with Crippen LogP contribution < -0.4 is 5.32 Å². The highest BCUT2D eigenvalue weighted by Gasteiger charge is 2.13. The standard InChI is InChI=1S/C12H16N2O3/c1-9(2)5-6-13-11-4-3-10(8-15)7-12(11)14(16)17/h3-4,7-9,13H,5-6H2,1-2H3. The van der Waals surface area contributed by atoms with Gasteiger partial charge in [0.25, 0.3) is 5.69 Å². The highest BCUT2D eigenvalue weighted by molar-refractivity contribution is 5.79. The minimum atomic E-state index is -0.481. The highest BCUT2D eigenvalue weighted by Crippen LogP contribution is 2.25. The Morgan fingerprint density at radius 3 is 2.71 bits per heavy atom. The van der Waals surface area contributed by atoms with Gasteiger partial charge < -0.3 is 5.32 Å². The summed E-state index contributed by atoms with van der Waals surface area (Å²) in [5.41, 5.74) is 0.714. The SMILES string of the molecule is CC(C)CCNc1ccc(C=O)cc1[N+](=O)[O-]. The molecule has 0 amide bonds. The number of hydrogen-bond acceptors (Lipinski definition) is 4. The summed E-state index contributed by atoms with van der Waals surface area (Å²) in [5, 5.41) is 13.9. The molecule has 0 aromatic heterocycles. The summed E-state index contributed by atoms with van der Waals surface area (Å²) in [6, 6.07) is 4.42. The van der Waals surface area contributed by atoms with E-state index in [1.54, 1.807) is 12.1 Å². The van der Waals surface area contributed by atoms with Crippen LogP contribution >= 0.6 is 0 Å². The smallest absolute Gasteiger partial charge is 0.293 e. The normalized spacial score (nSPS) is 10.3. The first-order chi connectivity index (χ1) is 8.04. The molecule has 0 aliphatic heterocycles. The minimum Gasteiger partial charge on any atom is -0.379 e. The van der Waals surface area contributed by atoms with Crippen LogP contribution in [0.2, 0.25) is 0 Å². The van der Waals surface area contributed by atoms with Crippen molar-refractivity contribution in [2.45, 2.75) is 20.3 Å². The van der Waals surface area contributed by atoms with E-state index in [0.29, 0.717) is 30.0 Å². The maximum Gasteiger partial charge on any atom is 0.293 e. The summed E-state index contributed by atoms with van der Waals surface area (Å²) in [5.74, 6) is 0.538. The van der Waals surface area contributed by atoms with Gasteiger partial charge in [0.05, 0.1) is 4.92 Å². The second-order valence-corrected chi connectivity index (χ2v) is 4.26. The van der Waals surface area contributed by atoms with Crippen molar-refractivity contribution in [2.75, 3.05) is 11.9 Å². The molecule has 5 heteroatoms. The first-order valence-electron chi connectivity index (χ1n) is 5.52. The van der Waals surface area contributed by atoms with Crippen molar-refractivity contribution in [3.8, 4) is 0 Å². The van der Waals surface area contributed by atoms with Crippen molar-refractivity contribution in [3.05, 3.63) is 33.9 Å².